The standard InChI is InChI=1S/C15H22N2O3/c1-4-17(5-2)14(18)10-20-15(19)11(3)12-7-6-8-13(16)9-12/h6-9,11H,4-5,10,16H2,1-3H3. The van der Waals surface area contributed by atoms with Gasteiger partial charge in [0.2, 0.25) is 0 Å². The third-order valence-electron chi connectivity index (χ3n) is 3.22. The van der Waals surface area contributed by atoms with Gasteiger partial charge in [-0.1, -0.05) is 12.1 Å². The van der Waals surface area contributed by atoms with Gasteiger partial charge in [-0.25, -0.2) is 0 Å². The fourth-order valence-corrected chi connectivity index (χ4v) is 1.89. The number of nitrogen functional groups attached to an aromatic ring is 1. The number of hydrogen-bond donors (Lipinski definition) is 1. The lowest BCUT2D eigenvalue weighted by molar-refractivity contribution is -0.152. The van der Waals surface area contributed by atoms with Crippen molar-refractivity contribution in [3.8, 4) is 0 Å². The van der Waals surface area contributed by atoms with E-state index in [4.69, 9.17) is 10.5 Å². The molecule has 0 bridgehead atoms. The van der Waals surface area contributed by atoms with Gasteiger partial charge < -0.3 is 15.4 Å². The van der Waals surface area contributed by atoms with Crippen LogP contribution in [0.3, 0.4) is 0 Å². The summed E-state index contributed by atoms with van der Waals surface area (Å²) in [5.41, 5.74) is 7.06. The topological polar surface area (TPSA) is 72.6 Å². The Kier molecular flexibility index (Phi) is 6.03. The second-order valence-electron chi connectivity index (χ2n) is 4.57. The normalized spacial score (nSPS) is 11.8. The van der Waals surface area contributed by atoms with Crippen LogP contribution in [0.1, 0.15) is 32.3 Å². The molecule has 0 aliphatic carbocycles. The lowest BCUT2D eigenvalue weighted by Crippen LogP contribution is -2.34. The fraction of sp³-hybridized carbons (Fsp3) is 0.467. The molecule has 0 saturated heterocycles. The number of rotatable bonds is 6. The number of hydrogen-bond acceptors (Lipinski definition) is 4. The van der Waals surface area contributed by atoms with Gasteiger partial charge in [-0.3, -0.25) is 9.59 Å². The molecule has 0 aliphatic heterocycles. The Labute approximate surface area is 119 Å². The predicted octanol–water partition coefficient (Wildman–Crippen LogP) is 1.78. The summed E-state index contributed by atoms with van der Waals surface area (Å²) in [6.07, 6.45) is 0. The molecule has 0 spiro atoms. The average molecular weight is 278 g/mol. The number of carbonyl (C=O) groups excluding carboxylic acids is 2. The molecule has 1 amide bonds. The summed E-state index contributed by atoms with van der Waals surface area (Å²) in [4.78, 5) is 25.3. The summed E-state index contributed by atoms with van der Waals surface area (Å²) in [5, 5.41) is 0. The summed E-state index contributed by atoms with van der Waals surface area (Å²) in [6, 6.07) is 7.09. The van der Waals surface area contributed by atoms with Crippen LogP contribution in [0.15, 0.2) is 24.3 Å². The third kappa shape index (κ3) is 4.26. The molecule has 0 aromatic heterocycles. The Morgan fingerprint density at radius 1 is 1.30 bits per heavy atom. The lowest BCUT2D eigenvalue weighted by atomic mass is 10.0. The molecule has 0 saturated carbocycles. The summed E-state index contributed by atoms with van der Waals surface area (Å²) in [7, 11) is 0. The minimum atomic E-state index is -0.442. The molecular formula is C15H22N2O3. The van der Waals surface area contributed by atoms with Gasteiger partial charge in [0.15, 0.2) is 6.61 Å². The van der Waals surface area contributed by atoms with Crippen LogP contribution in [-0.2, 0) is 14.3 Å². The summed E-state index contributed by atoms with van der Waals surface area (Å²) in [6.45, 7) is 6.51. The van der Waals surface area contributed by atoms with Crippen molar-refractivity contribution in [2.75, 3.05) is 25.4 Å². The zero-order valence-corrected chi connectivity index (χ0v) is 12.3. The SMILES string of the molecule is CCN(CC)C(=O)COC(=O)C(C)c1cccc(N)c1. The first kappa shape index (κ1) is 16.0. The van der Waals surface area contributed by atoms with Gasteiger partial charge in [-0.2, -0.15) is 0 Å². The molecule has 5 nitrogen and oxygen atoms in total. The quantitative estimate of drug-likeness (QED) is 0.636. The zero-order chi connectivity index (χ0) is 15.1. The van der Waals surface area contributed by atoms with Gasteiger partial charge in [-0.05, 0) is 38.5 Å². The second kappa shape index (κ2) is 7.53. The Balaban J connectivity index is 2.56. The molecule has 0 aliphatic rings. The second-order valence-corrected chi connectivity index (χ2v) is 4.57. The largest absolute Gasteiger partial charge is 0.455 e. The number of nitrogens with zero attached hydrogens (tertiary/aromatic N) is 1. The maximum absolute atomic E-state index is 11.9. The van der Waals surface area contributed by atoms with Crippen molar-refractivity contribution in [3.63, 3.8) is 0 Å². The minimum Gasteiger partial charge on any atom is -0.455 e. The van der Waals surface area contributed by atoms with E-state index in [1.54, 1.807) is 30.0 Å². The molecular weight excluding hydrogens is 256 g/mol. The zero-order valence-electron chi connectivity index (χ0n) is 12.3. The van der Waals surface area contributed by atoms with E-state index in [-0.39, 0.29) is 12.5 Å². The number of nitrogens with two attached hydrogens (primary N) is 1. The molecule has 2 N–H and O–H groups in total. The molecule has 0 heterocycles. The summed E-state index contributed by atoms with van der Waals surface area (Å²) < 4.78 is 5.07. The van der Waals surface area contributed by atoms with Crippen molar-refractivity contribution in [1.82, 2.24) is 4.90 Å². The smallest absolute Gasteiger partial charge is 0.313 e. The van der Waals surface area contributed by atoms with Crippen LogP contribution >= 0.6 is 0 Å². The summed E-state index contributed by atoms with van der Waals surface area (Å²) in [5.74, 6) is -1.04. The molecule has 20 heavy (non-hydrogen) atoms. The monoisotopic (exact) mass is 278 g/mol. The highest BCUT2D eigenvalue weighted by atomic mass is 16.5. The van der Waals surface area contributed by atoms with Crippen molar-refractivity contribution in [2.24, 2.45) is 0 Å². The van der Waals surface area contributed by atoms with Crippen molar-refractivity contribution in [1.29, 1.82) is 0 Å². The molecule has 1 unspecified atom stereocenters. The predicted molar refractivity (Wildman–Crippen MR) is 78.2 cm³/mol. The molecule has 1 atom stereocenters. The number of amides is 1. The Morgan fingerprint density at radius 2 is 1.95 bits per heavy atom. The highest BCUT2D eigenvalue weighted by Crippen LogP contribution is 2.19. The van der Waals surface area contributed by atoms with E-state index in [0.717, 1.165) is 5.56 Å². The van der Waals surface area contributed by atoms with Crippen molar-refractivity contribution >= 4 is 17.6 Å². The van der Waals surface area contributed by atoms with E-state index in [0.29, 0.717) is 18.8 Å². The highest BCUT2D eigenvalue weighted by molar-refractivity contribution is 5.83. The van der Waals surface area contributed by atoms with Crippen LogP contribution in [0, 0.1) is 0 Å². The van der Waals surface area contributed by atoms with Gasteiger partial charge in [0, 0.05) is 18.8 Å². The molecule has 1 rings (SSSR count). The van der Waals surface area contributed by atoms with Crippen LogP contribution in [0.25, 0.3) is 0 Å². The van der Waals surface area contributed by atoms with Gasteiger partial charge in [-0.15, -0.1) is 0 Å². The molecule has 5 heteroatoms. The van der Waals surface area contributed by atoms with Gasteiger partial charge in [0.25, 0.3) is 5.91 Å². The average Bonchev–Trinajstić information content (AvgIpc) is 2.45. The third-order valence-corrected chi connectivity index (χ3v) is 3.22. The molecule has 1 aromatic rings. The Hall–Kier alpha value is -2.04. The number of likely N-dealkylation sites (N-methyl/N-ethyl adjacent to an activating group) is 1. The maximum Gasteiger partial charge on any atom is 0.313 e. The number of esters is 1. The van der Waals surface area contributed by atoms with E-state index in [1.165, 1.54) is 0 Å². The highest BCUT2D eigenvalue weighted by Gasteiger charge is 2.19. The van der Waals surface area contributed by atoms with Crippen LogP contribution in [0.5, 0.6) is 0 Å². The Morgan fingerprint density at radius 3 is 2.50 bits per heavy atom. The van der Waals surface area contributed by atoms with Crippen LogP contribution in [0.4, 0.5) is 5.69 Å². The fourth-order valence-electron chi connectivity index (χ4n) is 1.89. The van der Waals surface area contributed by atoms with E-state index in [1.807, 2.05) is 19.9 Å². The first-order chi connectivity index (χ1) is 9.49. The molecule has 0 radical (unpaired) electrons. The first-order valence-corrected chi connectivity index (χ1v) is 6.79. The van der Waals surface area contributed by atoms with Gasteiger partial charge in [0.1, 0.15) is 0 Å². The molecule has 0 fully saturated rings. The van der Waals surface area contributed by atoms with Crippen molar-refractivity contribution in [2.45, 2.75) is 26.7 Å². The first-order valence-electron chi connectivity index (χ1n) is 6.79. The van der Waals surface area contributed by atoms with Gasteiger partial charge in [0.05, 0.1) is 5.92 Å². The van der Waals surface area contributed by atoms with E-state index >= 15 is 0 Å². The van der Waals surface area contributed by atoms with Crippen LogP contribution in [0.2, 0.25) is 0 Å². The van der Waals surface area contributed by atoms with Crippen LogP contribution < -0.4 is 5.73 Å². The molecule has 110 valence electrons. The van der Waals surface area contributed by atoms with E-state index in [9.17, 15) is 9.59 Å². The van der Waals surface area contributed by atoms with E-state index < -0.39 is 11.9 Å². The van der Waals surface area contributed by atoms with E-state index in [2.05, 4.69) is 0 Å². The van der Waals surface area contributed by atoms with Gasteiger partial charge >= 0.3 is 5.97 Å². The maximum atomic E-state index is 11.9. The number of anilines is 1. The number of carbonyl (C=O) groups is 2. The number of benzene rings is 1. The number of ether oxygens (including phenoxy) is 1. The molecule has 1 aromatic carbocycles. The van der Waals surface area contributed by atoms with Crippen LogP contribution in [-0.4, -0.2) is 36.5 Å². The lowest BCUT2D eigenvalue weighted by Gasteiger charge is -2.19. The van der Waals surface area contributed by atoms with Crippen molar-refractivity contribution < 1.29 is 14.3 Å². The van der Waals surface area contributed by atoms with Crippen molar-refractivity contribution in [3.05, 3.63) is 29.8 Å². The minimum absolute atomic E-state index is 0.178. The Bertz CT molecular complexity index is 470. The summed E-state index contributed by atoms with van der Waals surface area (Å²) >= 11 is 0.